The highest BCUT2D eigenvalue weighted by molar-refractivity contribution is 5.19. The summed E-state index contributed by atoms with van der Waals surface area (Å²) in [6.45, 7) is 6.93. The molecular formula is C10H18. The van der Waals surface area contributed by atoms with Crippen molar-refractivity contribution in [1.29, 1.82) is 0 Å². The fourth-order valence-electron chi connectivity index (χ4n) is 1.83. The zero-order valence-corrected chi connectivity index (χ0v) is 7.41. The van der Waals surface area contributed by atoms with Crippen molar-refractivity contribution in [1.82, 2.24) is 0 Å². The molecule has 58 valence electrons. The van der Waals surface area contributed by atoms with Gasteiger partial charge in [-0.1, -0.05) is 25.0 Å². The summed E-state index contributed by atoms with van der Waals surface area (Å²) in [5.41, 5.74) is 3.43. The van der Waals surface area contributed by atoms with Gasteiger partial charge in [-0.05, 0) is 38.5 Å². The van der Waals surface area contributed by atoms with Crippen LogP contribution in [0.25, 0.3) is 0 Å². The molecule has 0 amide bonds. The normalized spacial score (nSPS) is 21.9. The maximum absolute atomic E-state index is 2.35. The van der Waals surface area contributed by atoms with E-state index >= 15 is 0 Å². The second-order valence-corrected chi connectivity index (χ2v) is 3.47. The minimum absolute atomic E-state index is 0.850. The van der Waals surface area contributed by atoms with Crippen molar-refractivity contribution in [2.75, 3.05) is 0 Å². The van der Waals surface area contributed by atoms with Gasteiger partial charge in [0.25, 0.3) is 0 Å². The van der Waals surface area contributed by atoms with Crippen molar-refractivity contribution >= 4 is 0 Å². The molecule has 1 atom stereocenters. The molecule has 1 aliphatic carbocycles. The van der Waals surface area contributed by atoms with Crippen LogP contribution in [0.2, 0.25) is 0 Å². The van der Waals surface area contributed by atoms with E-state index in [9.17, 15) is 0 Å². The summed E-state index contributed by atoms with van der Waals surface area (Å²) in [5, 5.41) is 0. The third-order valence-corrected chi connectivity index (χ3v) is 2.75. The van der Waals surface area contributed by atoms with Crippen LogP contribution in [0.1, 0.15) is 46.5 Å². The maximum atomic E-state index is 2.35. The van der Waals surface area contributed by atoms with E-state index in [4.69, 9.17) is 0 Å². The highest BCUT2D eigenvalue weighted by Gasteiger charge is 2.14. The van der Waals surface area contributed by atoms with Crippen molar-refractivity contribution in [3.8, 4) is 0 Å². The molecule has 0 aromatic heterocycles. The number of rotatable bonds is 2. The molecule has 0 aromatic carbocycles. The average molecular weight is 138 g/mol. The van der Waals surface area contributed by atoms with E-state index in [1.165, 1.54) is 25.7 Å². The smallest absolute Gasteiger partial charge is 0.0232 e. The van der Waals surface area contributed by atoms with Gasteiger partial charge in [0.1, 0.15) is 0 Å². The lowest BCUT2D eigenvalue weighted by atomic mass is 9.96. The van der Waals surface area contributed by atoms with Crippen LogP contribution in [0.15, 0.2) is 11.1 Å². The molecule has 0 heterocycles. The minimum Gasteiger partial charge on any atom is -0.0738 e. The van der Waals surface area contributed by atoms with Crippen molar-refractivity contribution < 1.29 is 0 Å². The van der Waals surface area contributed by atoms with Gasteiger partial charge in [0.15, 0.2) is 0 Å². The first-order chi connectivity index (χ1) is 4.75. The summed E-state index contributed by atoms with van der Waals surface area (Å²) in [4.78, 5) is 0. The van der Waals surface area contributed by atoms with Crippen molar-refractivity contribution in [3.05, 3.63) is 11.1 Å². The van der Waals surface area contributed by atoms with E-state index in [2.05, 4.69) is 20.8 Å². The highest BCUT2D eigenvalue weighted by atomic mass is 14.2. The summed E-state index contributed by atoms with van der Waals surface area (Å²) >= 11 is 0. The van der Waals surface area contributed by atoms with Crippen LogP contribution >= 0.6 is 0 Å². The Labute approximate surface area is 64.3 Å². The third kappa shape index (κ3) is 1.42. The SMILES string of the molecule is CCC(C)C1=C(C)CCC1. The van der Waals surface area contributed by atoms with Crippen LogP contribution in [0.3, 0.4) is 0 Å². The number of allylic oxidation sites excluding steroid dienone is 2. The summed E-state index contributed by atoms with van der Waals surface area (Å²) < 4.78 is 0. The lowest BCUT2D eigenvalue weighted by Crippen LogP contribution is -1.95. The van der Waals surface area contributed by atoms with Gasteiger partial charge in [-0.25, -0.2) is 0 Å². The standard InChI is InChI=1S/C10H18/c1-4-8(2)10-7-5-6-9(10)3/h8H,4-7H2,1-3H3. The topological polar surface area (TPSA) is 0 Å². The van der Waals surface area contributed by atoms with Crippen molar-refractivity contribution in [2.45, 2.75) is 46.5 Å². The molecule has 0 aromatic rings. The molecule has 0 saturated heterocycles. The number of hydrogen-bond donors (Lipinski definition) is 0. The summed E-state index contributed by atoms with van der Waals surface area (Å²) in [6, 6.07) is 0. The highest BCUT2D eigenvalue weighted by Crippen LogP contribution is 2.32. The van der Waals surface area contributed by atoms with E-state index in [1.54, 1.807) is 11.1 Å². The molecule has 1 rings (SSSR count). The van der Waals surface area contributed by atoms with Crippen LogP contribution in [-0.2, 0) is 0 Å². The van der Waals surface area contributed by atoms with E-state index in [0.29, 0.717) is 0 Å². The molecule has 0 N–H and O–H groups in total. The molecule has 0 saturated carbocycles. The first-order valence-corrected chi connectivity index (χ1v) is 4.44. The molecular weight excluding hydrogens is 120 g/mol. The van der Waals surface area contributed by atoms with Gasteiger partial charge in [0, 0.05) is 0 Å². The van der Waals surface area contributed by atoms with Crippen LogP contribution in [0, 0.1) is 5.92 Å². The molecule has 0 spiro atoms. The Morgan fingerprint density at radius 2 is 2.10 bits per heavy atom. The average Bonchev–Trinajstić information content (AvgIpc) is 2.34. The summed E-state index contributed by atoms with van der Waals surface area (Å²) in [5.74, 6) is 0.850. The Balaban J connectivity index is 2.61. The molecule has 1 unspecified atom stereocenters. The molecule has 0 fully saturated rings. The Morgan fingerprint density at radius 1 is 1.40 bits per heavy atom. The van der Waals surface area contributed by atoms with E-state index in [0.717, 1.165) is 5.92 Å². The monoisotopic (exact) mass is 138 g/mol. The Hall–Kier alpha value is -0.260. The molecule has 0 nitrogen and oxygen atoms in total. The van der Waals surface area contributed by atoms with Gasteiger partial charge in [-0.3, -0.25) is 0 Å². The fourth-order valence-corrected chi connectivity index (χ4v) is 1.83. The largest absolute Gasteiger partial charge is 0.0738 e. The van der Waals surface area contributed by atoms with E-state index < -0.39 is 0 Å². The van der Waals surface area contributed by atoms with E-state index in [1.807, 2.05) is 0 Å². The Morgan fingerprint density at radius 3 is 2.50 bits per heavy atom. The second-order valence-electron chi connectivity index (χ2n) is 3.47. The molecule has 0 heteroatoms. The number of hydrogen-bond acceptors (Lipinski definition) is 0. The first kappa shape index (κ1) is 7.84. The van der Waals surface area contributed by atoms with E-state index in [-0.39, 0.29) is 0 Å². The lowest BCUT2D eigenvalue weighted by molar-refractivity contribution is 0.630. The van der Waals surface area contributed by atoms with Crippen LogP contribution in [0.4, 0.5) is 0 Å². The second kappa shape index (κ2) is 3.23. The van der Waals surface area contributed by atoms with Gasteiger partial charge in [-0.2, -0.15) is 0 Å². The van der Waals surface area contributed by atoms with Gasteiger partial charge < -0.3 is 0 Å². The Kier molecular flexibility index (Phi) is 2.53. The Bertz CT molecular complexity index is 142. The summed E-state index contributed by atoms with van der Waals surface area (Å²) in [7, 11) is 0. The fraction of sp³-hybridized carbons (Fsp3) is 0.800. The van der Waals surface area contributed by atoms with Gasteiger partial charge in [0.2, 0.25) is 0 Å². The quantitative estimate of drug-likeness (QED) is 0.512. The molecule has 10 heavy (non-hydrogen) atoms. The lowest BCUT2D eigenvalue weighted by Gasteiger charge is -2.10. The van der Waals surface area contributed by atoms with Crippen molar-refractivity contribution in [3.63, 3.8) is 0 Å². The van der Waals surface area contributed by atoms with Crippen LogP contribution < -0.4 is 0 Å². The van der Waals surface area contributed by atoms with Crippen LogP contribution in [0.5, 0.6) is 0 Å². The summed E-state index contributed by atoms with van der Waals surface area (Å²) in [6.07, 6.45) is 5.46. The predicted molar refractivity (Wildman–Crippen MR) is 46.0 cm³/mol. The van der Waals surface area contributed by atoms with Gasteiger partial charge in [-0.15, -0.1) is 0 Å². The molecule has 0 radical (unpaired) electrons. The molecule has 1 aliphatic rings. The van der Waals surface area contributed by atoms with Gasteiger partial charge in [0.05, 0.1) is 0 Å². The third-order valence-electron chi connectivity index (χ3n) is 2.75. The zero-order valence-electron chi connectivity index (χ0n) is 7.41. The maximum Gasteiger partial charge on any atom is -0.0232 e. The minimum atomic E-state index is 0.850. The predicted octanol–water partition coefficient (Wildman–Crippen LogP) is 3.53. The molecule has 0 aliphatic heterocycles. The van der Waals surface area contributed by atoms with Crippen LogP contribution in [-0.4, -0.2) is 0 Å². The van der Waals surface area contributed by atoms with Crippen molar-refractivity contribution in [2.24, 2.45) is 5.92 Å². The zero-order chi connectivity index (χ0) is 7.56. The first-order valence-electron chi connectivity index (χ1n) is 4.44. The molecule has 0 bridgehead atoms. The van der Waals surface area contributed by atoms with Gasteiger partial charge >= 0.3 is 0 Å².